The number of sulfonamides is 1. The molecule has 0 radical (unpaired) electrons. The predicted molar refractivity (Wildman–Crippen MR) is 115 cm³/mol. The Morgan fingerprint density at radius 1 is 1.12 bits per heavy atom. The van der Waals surface area contributed by atoms with Crippen LogP contribution >= 0.6 is 24.0 Å². The molecule has 0 aliphatic carbocycles. The number of nitrogens with one attached hydrogen (secondary N) is 2. The lowest BCUT2D eigenvalue weighted by Crippen LogP contribution is -2.32. The van der Waals surface area contributed by atoms with Crippen molar-refractivity contribution in [3.8, 4) is 0 Å². The van der Waals surface area contributed by atoms with E-state index in [4.69, 9.17) is 5.73 Å². The number of rotatable bonds is 9. The fourth-order valence-electron chi connectivity index (χ4n) is 1.85. The van der Waals surface area contributed by atoms with Crippen LogP contribution in [0.5, 0.6) is 0 Å². The summed E-state index contributed by atoms with van der Waals surface area (Å²) in [6.45, 7) is 9.87. The molecule has 0 aliphatic heterocycles. The number of aliphatic imine (C=N–C) groups is 1. The van der Waals surface area contributed by atoms with Gasteiger partial charge in [-0.05, 0) is 36.0 Å². The van der Waals surface area contributed by atoms with E-state index in [1.165, 1.54) is 0 Å². The van der Waals surface area contributed by atoms with Crippen LogP contribution in [0.2, 0.25) is 0 Å². The molecule has 1 aromatic carbocycles. The molecule has 0 unspecified atom stereocenters. The largest absolute Gasteiger partial charge is 0.370 e. The van der Waals surface area contributed by atoms with Gasteiger partial charge >= 0.3 is 0 Å². The molecule has 0 saturated carbocycles. The molecule has 144 valence electrons. The Morgan fingerprint density at radius 3 is 2.24 bits per heavy atom. The maximum atomic E-state index is 12.1. The lowest BCUT2D eigenvalue weighted by atomic mass is 10.1. The summed E-state index contributed by atoms with van der Waals surface area (Å²) >= 11 is 0. The number of guanidine groups is 1. The van der Waals surface area contributed by atoms with Crippen LogP contribution < -0.4 is 15.8 Å². The molecule has 0 bridgehead atoms. The van der Waals surface area contributed by atoms with Crippen LogP contribution in [0.3, 0.4) is 0 Å². The molecule has 4 N–H and O–H groups in total. The van der Waals surface area contributed by atoms with Crippen molar-refractivity contribution in [2.24, 2.45) is 22.6 Å². The highest BCUT2D eigenvalue weighted by molar-refractivity contribution is 14.0. The van der Waals surface area contributed by atoms with E-state index in [2.05, 4.69) is 28.9 Å². The normalized spacial score (nSPS) is 12.3. The molecular weight excluding hydrogens is 451 g/mol. The summed E-state index contributed by atoms with van der Waals surface area (Å²) < 4.78 is 26.8. The van der Waals surface area contributed by atoms with Gasteiger partial charge in [0.25, 0.3) is 0 Å². The third kappa shape index (κ3) is 10.0. The second-order valence-corrected chi connectivity index (χ2v) is 8.47. The average Bonchev–Trinajstić information content (AvgIpc) is 2.51. The highest BCUT2D eigenvalue weighted by atomic mass is 127. The predicted octanol–water partition coefficient (Wildman–Crippen LogP) is 2.69. The van der Waals surface area contributed by atoms with Gasteiger partial charge in [-0.15, -0.1) is 24.0 Å². The summed E-state index contributed by atoms with van der Waals surface area (Å²) in [7, 11) is -3.45. The zero-order valence-electron chi connectivity index (χ0n) is 15.5. The molecule has 0 spiro atoms. The first-order valence-electron chi connectivity index (χ1n) is 8.33. The Morgan fingerprint density at radius 2 is 1.72 bits per heavy atom. The molecular formula is C17H31IN4O2S. The van der Waals surface area contributed by atoms with E-state index in [0.717, 1.165) is 18.5 Å². The Labute approximate surface area is 169 Å². The minimum Gasteiger partial charge on any atom is -0.370 e. The topological polar surface area (TPSA) is 96.6 Å². The van der Waals surface area contributed by atoms with Gasteiger partial charge in [-0.1, -0.05) is 39.8 Å². The van der Waals surface area contributed by atoms with Crippen molar-refractivity contribution < 1.29 is 8.42 Å². The molecule has 1 aromatic rings. The van der Waals surface area contributed by atoms with E-state index in [1.54, 1.807) is 24.3 Å². The molecule has 0 aromatic heterocycles. The minimum absolute atomic E-state index is 0. The van der Waals surface area contributed by atoms with E-state index in [9.17, 15) is 8.42 Å². The number of hydrogen-bond acceptors (Lipinski definition) is 3. The number of hydrogen-bond donors (Lipinski definition) is 3. The van der Waals surface area contributed by atoms with Gasteiger partial charge in [0.15, 0.2) is 5.96 Å². The summed E-state index contributed by atoms with van der Waals surface area (Å²) in [4.78, 5) is 4.52. The van der Waals surface area contributed by atoms with Crippen molar-refractivity contribution in [1.82, 2.24) is 10.0 Å². The lowest BCUT2D eigenvalue weighted by Gasteiger charge is -2.09. The van der Waals surface area contributed by atoms with Crippen molar-refractivity contribution in [3.05, 3.63) is 29.8 Å². The van der Waals surface area contributed by atoms with E-state index in [1.807, 2.05) is 13.8 Å². The Kier molecular flexibility index (Phi) is 11.3. The van der Waals surface area contributed by atoms with Crippen LogP contribution in [-0.2, 0) is 16.6 Å². The van der Waals surface area contributed by atoms with Crippen LogP contribution in [0, 0.1) is 11.8 Å². The first-order valence-corrected chi connectivity index (χ1v) is 9.81. The standard InChI is InChI=1S/C17H30N4O2S.HI/c1-13(2)9-10-19-17(18)20-12-15-5-7-16(8-6-15)24(22,23)21-11-14(3)4;/h5-8,13-14,21H,9-12H2,1-4H3,(H3,18,19,20);1H. The minimum atomic E-state index is -3.45. The molecule has 25 heavy (non-hydrogen) atoms. The maximum Gasteiger partial charge on any atom is 0.240 e. The zero-order chi connectivity index (χ0) is 18.2. The van der Waals surface area contributed by atoms with Gasteiger partial charge in [0.2, 0.25) is 10.0 Å². The molecule has 6 nitrogen and oxygen atoms in total. The number of benzene rings is 1. The smallest absolute Gasteiger partial charge is 0.240 e. The maximum absolute atomic E-state index is 12.1. The van der Waals surface area contributed by atoms with Gasteiger partial charge in [0.05, 0.1) is 11.4 Å². The highest BCUT2D eigenvalue weighted by Crippen LogP contribution is 2.11. The molecule has 0 atom stereocenters. The van der Waals surface area contributed by atoms with Crippen LogP contribution in [0.25, 0.3) is 0 Å². The first-order chi connectivity index (χ1) is 11.2. The Bertz CT molecular complexity index is 629. The van der Waals surface area contributed by atoms with E-state index >= 15 is 0 Å². The molecule has 0 aliphatic rings. The molecule has 8 heteroatoms. The van der Waals surface area contributed by atoms with Gasteiger partial charge in [-0.3, -0.25) is 0 Å². The van der Waals surface area contributed by atoms with E-state index < -0.39 is 10.0 Å². The quantitative estimate of drug-likeness (QED) is 0.287. The fourth-order valence-corrected chi connectivity index (χ4v) is 3.07. The molecule has 0 heterocycles. The average molecular weight is 482 g/mol. The van der Waals surface area contributed by atoms with Crippen LogP contribution in [0.15, 0.2) is 34.2 Å². The summed E-state index contributed by atoms with van der Waals surface area (Å²) in [6, 6.07) is 6.70. The Hall–Kier alpha value is -0.870. The van der Waals surface area contributed by atoms with Crippen molar-refractivity contribution in [2.75, 3.05) is 13.1 Å². The number of nitrogens with two attached hydrogens (primary N) is 1. The number of halogens is 1. The highest BCUT2D eigenvalue weighted by Gasteiger charge is 2.13. The molecule has 0 fully saturated rings. The lowest BCUT2D eigenvalue weighted by molar-refractivity contribution is 0.560. The van der Waals surface area contributed by atoms with Crippen LogP contribution in [0.1, 0.15) is 39.7 Å². The third-order valence-electron chi connectivity index (χ3n) is 3.38. The van der Waals surface area contributed by atoms with Crippen LogP contribution in [-0.4, -0.2) is 27.5 Å². The first kappa shape index (κ1) is 24.1. The van der Waals surface area contributed by atoms with E-state index in [-0.39, 0.29) is 34.8 Å². The summed E-state index contributed by atoms with van der Waals surface area (Å²) in [5.41, 5.74) is 6.72. The number of nitrogens with zero attached hydrogens (tertiary/aromatic N) is 1. The van der Waals surface area contributed by atoms with Gasteiger partial charge in [-0.2, -0.15) is 0 Å². The van der Waals surface area contributed by atoms with Gasteiger partial charge in [0.1, 0.15) is 0 Å². The SMILES string of the molecule is CC(C)CCNC(N)=NCc1ccc(S(=O)(=O)NCC(C)C)cc1.I. The van der Waals surface area contributed by atoms with Crippen LogP contribution in [0.4, 0.5) is 0 Å². The summed E-state index contributed by atoms with van der Waals surface area (Å²) in [6.07, 6.45) is 1.03. The Balaban J connectivity index is 0.00000576. The van der Waals surface area contributed by atoms with Gasteiger partial charge in [0, 0.05) is 13.1 Å². The van der Waals surface area contributed by atoms with Crippen molar-refractivity contribution in [3.63, 3.8) is 0 Å². The molecule has 0 amide bonds. The summed E-state index contributed by atoms with van der Waals surface area (Å²) in [5, 5.41) is 3.07. The molecule has 1 rings (SSSR count). The third-order valence-corrected chi connectivity index (χ3v) is 4.81. The van der Waals surface area contributed by atoms with Crippen molar-refractivity contribution in [2.45, 2.75) is 45.6 Å². The zero-order valence-corrected chi connectivity index (χ0v) is 18.6. The fraction of sp³-hybridized carbons (Fsp3) is 0.588. The second kappa shape index (κ2) is 11.7. The second-order valence-electron chi connectivity index (χ2n) is 6.70. The van der Waals surface area contributed by atoms with E-state index in [0.29, 0.717) is 25.0 Å². The van der Waals surface area contributed by atoms with Crippen molar-refractivity contribution in [1.29, 1.82) is 0 Å². The summed E-state index contributed by atoms with van der Waals surface area (Å²) in [5.74, 6) is 1.29. The van der Waals surface area contributed by atoms with Crippen molar-refractivity contribution >= 4 is 40.0 Å². The monoisotopic (exact) mass is 482 g/mol. The van der Waals surface area contributed by atoms with Gasteiger partial charge < -0.3 is 11.1 Å². The van der Waals surface area contributed by atoms with Gasteiger partial charge in [-0.25, -0.2) is 18.1 Å². The molecule has 0 saturated heterocycles.